The number of methoxy groups -OCH3 is 2. The molecule has 0 spiro atoms. The van der Waals surface area contributed by atoms with Crippen LogP contribution in [0, 0.1) is 0 Å². The van der Waals surface area contributed by atoms with Gasteiger partial charge < -0.3 is 24.8 Å². The van der Waals surface area contributed by atoms with Gasteiger partial charge in [0.15, 0.2) is 0 Å². The van der Waals surface area contributed by atoms with Crippen LogP contribution < -0.4 is 15.4 Å². The molecule has 0 bridgehead atoms. The van der Waals surface area contributed by atoms with Crippen molar-refractivity contribution in [3.63, 3.8) is 0 Å². The molecule has 2 N–H and O–H groups in total. The number of ether oxygens (including phenoxy) is 3. The highest BCUT2D eigenvalue weighted by atomic mass is 16.5. The number of benzene rings is 1. The number of anilines is 2. The van der Waals surface area contributed by atoms with Gasteiger partial charge in [0.05, 0.1) is 25.5 Å². The molecule has 1 rings (SSSR count). The van der Waals surface area contributed by atoms with E-state index in [9.17, 15) is 0 Å². The summed E-state index contributed by atoms with van der Waals surface area (Å²) in [6.45, 7) is 5.68. The first-order chi connectivity index (χ1) is 9.72. The number of nitrogens with two attached hydrogens (primary N) is 1. The van der Waals surface area contributed by atoms with Gasteiger partial charge in [-0.05, 0) is 18.6 Å². The van der Waals surface area contributed by atoms with Crippen LogP contribution in [0.1, 0.15) is 13.3 Å². The van der Waals surface area contributed by atoms with Crippen LogP contribution in [0.5, 0.6) is 5.75 Å². The van der Waals surface area contributed by atoms with E-state index in [2.05, 4.69) is 11.8 Å². The summed E-state index contributed by atoms with van der Waals surface area (Å²) in [4.78, 5) is 2.20. The van der Waals surface area contributed by atoms with E-state index in [-0.39, 0.29) is 0 Å². The lowest BCUT2D eigenvalue weighted by molar-refractivity contribution is 0.190. The van der Waals surface area contributed by atoms with E-state index in [1.54, 1.807) is 14.2 Å². The Balaban J connectivity index is 2.82. The minimum absolute atomic E-state index is 0.666. The summed E-state index contributed by atoms with van der Waals surface area (Å²) in [5, 5.41) is 0. The van der Waals surface area contributed by atoms with Gasteiger partial charge in [-0.2, -0.15) is 0 Å². The molecule has 0 saturated heterocycles. The Morgan fingerprint density at radius 2 is 1.70 bits per heavy atom. The third-order valence-corrected chi connectivity index (χ3v) is 2.95. The minimum Gasteiger partial charge on any atom is -0.491 e. The molecule has 0 unspecified atom stereocenters. The lowest BCUT2D eigenvalue weighted by Crippen LogP contribution is -2.30. The van der Waals surface area contributed by atoms with Crippen LogP contribution in [0.2, 0.25) is 0 Å². The van der Waals surface area contributed by atoms with E-state index < -0.39 is 0 Å². The largest absolute Gasteiger partial charge is 0.491 e. The summed E-state index contributed by atoms with van der Waals surface area (Å²) >= 11 is 0. The molecule has 1 aromatic carbocycles. The van der Waals surface area contributed by atoms with Crippen LogP contribution in [-0.4, -0.2) is 47.1 Å². The van der Waals surface area contributed by atoms with E-state index in [1.165, 1.54) is 0 Å². The molecule has 0 saturated carbocycles. The Hall–Kier alpha value is -1.46. The Kier molecular flexibility index (Phi) is 7.84. The average Bonchev–Trinajstić information content (AvgIpc) is 2.47. The summed E-state index contributed by atoms with van der Waals surface area (Å²) in [7, 11) is 3.40. The zero-order valence-corrected chi connectivity index (χ0v) is 12.7. The molecule has 0 heterocycles. The lowest BCUT2D eigenvalue weighted by Gasteiger charge is -2.25. The Morgan fingerprint density at radius 3 is 2.25 bits per heavy atom. The highest BCUT2D eigenvalue weighted by molar-refractivity contribution is 5.62. The van der Waals surface area contributed by atoms with Crippen molar-refractivity contribution in [1.82, 2.24) is 0 Å². The predicted octanol–water partition coefficient (Wildman–Crippen LogP) is 2.16. The molecule has 0 fully saturated rings. The molecule has 1 aromatic rings. The highest BCUT2D eigenvalue weighted by Gasteiger charge is 2.09. The normalized spacial score (nSPS) is 10.6. The van der Waals surface area contributed by atoms with Gasteiger partial charge in [-0.1, -0.05) is 6.92 Å². The van der Waals surface area contributed by atoms with Gasteiger partial charge in [-0.3, -0.25) is 0 Å². The molecule has 0 aromatic heterocycles. The number of nitrogens with zero attached hydrogens (tertiary/aromatic N) is 1. The zero-order valence-electron chi connectivity index (χ0n) is 12.7. The third kappa shape index (κ3) is 5.27. The van der Waals surface area contributed by atoms with Gasteiger partial charge in [0, 0.05) is 39.1 Å². The van der Waals surface area contributed by atoms with E-state index >= 15 is 0 Å². The average molecular weight is 282 g/mol. The second-order valence-corrected chi connectivity index (χ2v) is 4.54. The van der Waals surface area contributed by atoms with E-state index in [4.69, 9.17) is 19.9 Å². The van der Waals surface area contributed by atoms with Crippen molar-refractivity contribution in [3.8, 4) is 5.75 Å². The van der Waals surface area contributed by atoms with Gasteiger partial charge in [-0.15, -0.1) is 0 Å². The highest BCUT2D eigenvalue weighted by Crippen LogP contribution is 2.27. The van der Waals surface area contributed by atoms with Crippen LogP contribution in [0.3, 0.4) is 0 Å². The molecular formula is C15H26N2O3. The van der Waals surface area contributed by atoms with Crippen LogP contribution in [0.4, 0.5) is 11.4 Å². The Bertz CT molecular complexity index is 377. The Labute approximate surface area is 121 Å². The van der Waals surface area contributed by atoms with E-state index in [0.717, 1.165) is 30.9 Å². The molecule has 114 valence electrons. The van der Waals surface area contributed by atoms with E-state index in [0.29, 0.717) is 25.5 Å². The van der Waals surface area contributed by atoms with Crippen molar-refractivity contribution in [2.45, 2.75) is 13.3 Å². The Morgan fingerprint density at radius 1 is 1.05 bits per heavy atom. The molecule has 0 atom stereocenters. The quantitative estimate of drug-likeness (QED) is 0.666. The van der Waals surface area contributed by atoms with Gasteiger partial charge in [-0.25, -0.2) is 0 Å². The van der Waals surface area contributed by atoms with Crippen molar-refractivity contribution in [2.24, 2.45) is 0 Å². The first-order valence-electron chi connectivity index (χ1n) is 6.98. The van der Waals surface area contributed by atoms with Gasteiger partial charge in [0.1, 0.15) is 5.75 Å². The molecule has 0 amide bonds. The van der Waals surface area contributed by atoms with Crippen LogP contribution in [0.15, 0.2) is 18.2 Å². The van der Waals surface area contributed by atoms with Crippen molar-refractivity contribution in [2.75, 3.05) is 57.8 Å². The summed E-state index contributed by atoms with van der Waals surface area (Å²) in [6.07, 6.45) is 0.959. The maximum atomic E-state index is 5.94. The fraction of sp³-hybridized carbons (Fsp3) is 0.600. The predicted molar refractivity (Wildman–Crippen MR) is 82.6 cm³/mol. The molecule has 0 radical (unpaired) electrons. The fourth-order valence-electron chi connectivity index (χ4n) is 1.83. The molecule has 0 aliphatic carbocycles. The number of nitrogen functional groups attached to an aromatic ring is 1. The number of hydrogen-bond acceptors (Lipinski definition) is 5. The fourth-order valence-corrected chi connectivity index (χ4v) is 1.83. The van der Waals surface area contributed by atoms with Crippen molar-refractivity contribution in [1.29, 1.82) is 0 Å². The summed E-state index contributed by atoms with van der Waals surface area (Å²) in [6, 6.07) is 5.86. The van der Waals surface area contributed by atoms with E-state index in [1.807, 2.05) is 18.2 Å². The second kappa shape index (κ2) is 9.44. The molecule has 5 heteroatoms. The molecule has 0 aliphatic rings. The van der Waals surface area contributed by atoms with Gasteiger partial charge in [0.2, 0.25) is 0 Å². The minimum atomic E-state index is 0.666. The lowest BCUT2D eigenvalue weighted by atomic mass is 10.2. The maximum absolute atomic E-state index is 5.94. The second-order valence-electron chi connectivity index (χ2n) is 4.54. The van der Waals surface area contributed by atoms with Crippen molar-refractivity contribution < 1.29 is 14.2 Å². The SMILES string of the molecule is CCCOc1cc(N(CCOC)CCOC)ccc1N. The third-order valence-electron chi connectivity index (χ3n) is 2.95. The summed E-state index contributed by atoms with van der Waals surface area (Å²) in [5.41, 5.74) is 7.67. The van der Waals surface area contributed by atoms with Gasteiger partial charge >= 0.3 is 0 Å². The number of rotatable bonds is 10. The standard InChI is InChI=1S/C15H26N2O3/c1-4-9-20-15-12-13(5-6-14(15)16)17(7-10-18-2)8-11-19-3/h5-6,12H,4,7-11,16H2,1-3H3. The topological polar surface area (TPSA) is 57.0 Å². The van der Waals surface area contributed by atoms with Crippen LogP contribution >= 0.6 is 0 Å². The van der Waals surface area contributed by atoms with Crippen LogP contribution in [-0.2, 0) is 9.47 Å². The smallest absolute Gasteiger partial charge is 0.144 e. The first-order valence-corrected chi connectivity index (χ1v) is 6.98. The molecule has 5 nitrogen and oxygen atoms in total. The molecule has 20 heavy (non-hydrogen) atoms. The first kappa shape index (κ1) is 16.6. The number of hydrogen-bond donors (Lipinski definition) is 1. The van der Waals surface area contributed by atoms with Crippen molar-refractivity contribution in [3.05, 3.63) is 18.2 Å². The summed E-state index contributed by atoms with van der Waals surface area (Å²) < 4.78 is 16.0. The van der Waals surface area contributed by atoms with Crippen LogP contribution in [0.25, 0.3) is 0 Å². The molecule has 0 aliphatic heterocycles. The van der Waals surface area contributed by atoms with Gasteiger partial charge in [0.25, 0.3) is 0 Å². The van der Waals surface area contributed by atoms with Crippen molar-refractivity contribution >= 4 is 11.4 Å². The summed E-state index contributed by atoms with van der Waals surface area (Å²) in [5.74, 6) is 0.740. The molecular weight excluding hydrogens is 256 g/mol. The maximum Gasteiger partial charge on any atom is 0.144 e. The monoisotopic (exact) mass is 282 g/mol. The zero-order chi connectivity index (χ0) is 14.8.